The lowest BCUT2D eigenvalue weighted by atomic mass is 10.0. The van der Waals surface area contributed by atoms with Crippen LogP contribution in [0.15, 0.2) is 79.4 Å². The van der Waals surface area contributed by atoms with Crippen molar-refractivity contribution < 1.29 is 4.79 Å². The molecule has 1 aliphatic rings. The van der Waals surface area contributed by atoms with Gasteiger partial charge in [-0.3, -0.25) is 9.69 Å². The van der Waals surface area contributed by atoms with E-state index in [4.69, 9.17) is 5.73 Å². The predicted molar refractivity (Wildman–Crippen MR) is 132 cm³/mol. The maximum Gasteiger partial charge on any atom is 0.255 e. The molecule has 5 heteroatoms. The maximum atomic E-state index is 12.6. The second-order valence-corrected chi connectivity index (χ2v) is 8.31. The highest BCUT2D eigenvalue weighted by atomic mass is 16.1. The number of carbonyl (C=O) groups is 1. The molecule has 5 nitrogen and oxygen atoms in total. The number of carbonyl (C=O) groups excluding carboxylic acids is 1. The third-order valence-electron chi connectivity index (χ3n) is 6.14. The lowest BCUT2D eigenvalue weighted by Crippen LogP contribution is -2.31. The van der Waals surface area contributed by atoms with Gasteiger partial charge in [0.1, 0.15) is 0 Å². The summed E-state index contributed by atoms with van der Waals surface area (Å²) in [5.41, 5.74) is 13.7. The predicted octanol–water partition coefficient (Wildman–Crippen LogP) is 5.07. The van der Waals surface area contributed by atoms with Gasteiger partial charge < -0.3 is 16.0 Å². The Balaban J connectivity index is 1.23. The van der Waals surface area contributed by atoms with Crippen molar-refractivity contribution >= 4 is 33.8 Å². The van der Waals surface area contributed by atoms with E-state index in [0.29, 0.717) is 16.9 Å². The third kappa shape index (κ3) is 3.90. The van der Waals surface area contributed by atoms with E-state index in [1.54, 1.807) is 12.1 Å². The largest absolute Gasteiger partial charge is 0.397 e. The van der Waals surface area contributed by atoms with E-state index in [1.807, 2.05) is 36.4 Å². The Morgan fingerprint density at radius 3 is 2.53 bits per heavy atom. The molecule has 0 aliphatic carbocycles. The van der Waals surface area contributed by atoms with Crippen molar-refractivity contribution in [1.29, 1.82) is 0 Å². The molecule has 0 fully saturated rings. The first kappa shape index (κ1) is 20.1. The Kier molecular flexibility index (Phi) is 5.25. The topological polar surface area (TPSA) is 74.2 Å². The van der Waals surface area contributed by atoms with Crippen molar-refractivity contribution in [2.45, 2.75) is 13.0 Å². The van der Waals surface area contributed by atoms with Crippen LogP contribution < -0.4 is 11.1 Å². The van der Waals surface area contributed by atoms with Crippen molar-refractivity contribution in [3.05, 3.63) is 102 Å². The van der Waals surface area contributed by atoms with Crippen molar-refractivity contribution in [3.8, 4) is 0 Å². The molecule has 0 atom stereocenters. The number of hydrogen-bond donors (Lipinski definition) is 3. The minimum Gasteiger partial charge on any atom is -0.397 e. The zero-order valence-electron chi connectivity index (χ0n) is 17.9. The molecule has 0 saturated heterocycles. The Morgan fingerprint density at radius 1 is 1.00 bits per heavy atom. The molecule has 4 N–H and O–H groups in total. The maximum absolute atomic E-state index is 12.6. The molecular formula is C27H26N4O. The van der Waals surface area contributed by atoms with Crippen molar-refractivity contribution in [3.63, 3.8) is 0 Å². The first-order valence-corrected chi connectivity index (χ1v) is 10.8. The van der Waals surface area contributed by atoms with Crippen LogP contribution in [0.2, 0.25) is 0 Å². The molecule has 32 heavy (non-hydrogen) atoms. The van der Waals surface area contributed by atoms with Gasteiger partial charge in [0.05, 0.1) is 11.4 Å². The molecule has 0 spiro atoms. The van der Waals surface area contributed by atoms with Crippen LogP contribution >= 0.6 is 0 Å². The van der Waals surface area contributed by atoms with Crippen LogP contribution in [0.4, 0.5) is 11.4 Å². The van der Waals surface area contributed by atoms with Crippen LogP contribution in [0.25, 0.3) is 16.5 Å². The second kappa shape index (κ2) is 8.36. The number of rotatable bonds is 5. The molecule has 3 aromatic carbocycles. The minimum absolute atomic E-state index is 0.178. The van der Waals surface area contributed by atoms with E-state index in [0.717, 1.165) is 37.2 Å². The molecule has 1 aliphatic heterocycles. The van der Waals surface area contributed by atoms with E-state index >= 15 is 0 Å². The first-order valence-electron chi connectivity index (χ1n) is 10.8. The van der Waals surface area contributed by atoms with E-state index < -0.39 is 0 Å². The number of nitrogens with two attached hydrogens (primary N) is 1. The molecule has 1 aromatic heterocycles. The summed E-state index contributed by atoms with van der Waals surface area (Å²) in [7, 11) is 0. The van der Waals surface area contributed by atoms with Crippen LogP contribution in [0.5, 0.6) is 0 Å². The summed E-state index contributed by atoms with van der Waals surface area (Å²) in [5, 5.41) is 4.20. The molecule has 0 bridgehead atoms. The summed E-state index contributed by atoms with van der Waals surface area (Å²) >= 11 is 0. The third-order valence-corrected chi connectivity index (χ3v) is 6.14. The average Bonchev–Trinajstić information content (AvgIpc) is 3.18. The van der Waals surface area contributed by atoms with Gasteiger partial charge in [0, 0.05) is 41.8 Å². The lowest BCUT2D eigenvalue weighted by molar-refractivity contribution is 0.102. The zero-order valence-corrected chi connectivity index (χ0v) is 17.9. The summed E-state index contributed by atoms with van der Waals surface area (Å²) in [5.74, 6) is -0.178. The highest BCUT2D eigenvalue weighted by Crippen LogP contribution is 2.28. The molecule has 0 saturated carbocycles. The van der Waals surface area contributed by atoms with Gasteiger partial charge >= 0.3 is 0 Å². The van der Waals surface area contributed by atoms with Crippen LogP contribution in [-0.4, -0.2) is 28.9 Å². The molecular weight excluding hydrogens is 396 g/mol. The number of anilines is 2. The fraction of sp³-hybridized carbons (Fsp3) is 0.148. The number of hydrogen-bond acceptors (Lipinski definition) is 3. The summed E-state index contributed by atoms with van der Waals surface area (Å²) in [6.07, 6.45) is 1.04. The Bertz CT molecular complexity index is 1300. The van der Waals surface area contributed by atoms with Crippen molar-refractivity contribution in [1.82, 2.24) is 9.88 Å². The molecule has 1 amide bonds. The number of H-pyrrole nitrogens is 1. The van der Waals surface area contributed by atoms with Crippen LogP contribution in [0.1, 0.15) is 27.2 Å². The quantitative estimate of drug-likeness (QED) is 0.393. The number of benzene rings is 3. The van der Waals surface area contributed by atoms with Gasteiger partial charge in [0.15, 0.2) is 0 Å². The minimum atomic E-state index is -0.178. The average molecular weight is 423 g/mol. The van der Waals surface area contributed by atoms with Gasteiger partial charge in [-0.05, 0) is 53.5 Å². The Morgan fingerprint density at radius 2 is 1.72 bits per heavy atom. The first-order chi connectivity index (χ1) is 15.6. The van der Waals surface area contributed by atoms with Gasteiger partial charge in [0.2, 0.25) is 0 Å². The standard InChI is InChI=1S/C27H26N4O/c1-18(16-31-15-14-22-21-6-2-4-8-24(21)29-26(22)17-31)19-10-12-20(13-11-19)27(32)30-25-9-5-3-7-23(25)28/h2-13,29H,1,14-17,28H2,(H,30,32). The van der Waals surface area contributed by atoms with E-state index in [1.165, 1.54) is 22.2 Å². The van der Waals surface area contributed by atoms with Gasteiger partial charge in [-0.2, -0.15) is 0 Å². The Labute approximate surface area is 187 Å². The number of fused-ring (bicyclic) bond motifs is 3. The number of amides is 1. The second-order valence-electron chi connectivity index (χ2n) is 8.31. The summed E-state index contributed by atoms with van der Waals surface area (Å²) < 4.78 is 0. The van der Waals surface area contributed by atoms with Crippen LogP contribution in [0, 0.1) is 0 Å². The van der Waals surface area contributed by atoms with Crippen molar-refractivity contribution in [2.75, 3.05) is 24.1 Å². The highest BCUT2D eigenvalue weighted by Gasteiger charge is 2.21. The van der Waals surface area contributed by atoms with Gasteiger partial charge in [0.25, 0.3) is 5.91 Å². The SMILES string of the molecule is C=C(CN1CCc2c([nH]c3ccccc23)C1)c1ccc(C(=O)Nc2ccccc2N)cc1. The van der Waals surface area contributed by atoms with Gasteiger partial charge in [-0.25, -0.2) is 0 Å². The fourth-order valence-electron chi connectivity index (χ4n) is 4.41. The Hall–Kier alpha value is -3.83. The van der Waals surface area contributed by atoms with Crippen LogP contribution in [0.3, 0.4) is 0 Å². The summed E-state index contributed by atoms with van der Waals surface area (Å²) in [6.45, 7) is 6.99. The lowest BCUT2D eigenvalue weighted by Gasteiger charge is -2.27. The monoisotopic (exact) mass is 422 g/mol. The molecule has 0 unspecified atom stereocenters. The number of nitrogen functional groups attached to an aromatic ring is 1. The highest BCUT2D eigenvalue weighted by molar-refractivity contribution is 6.05. The van der Waals surface area contributed by atoms with Gasteiger partial charge in [-0.1, -0.05) is 49.0 Å². The van der Waals surface area contributed by atoms with Gasteiger partial charge in [-0.15, -0.1) is 0 Å². The fourth-order valence-corrected chi connectivity index (χ4v) is 4.41. The molecule has 160 valence electrons. The smallest absolute Gasteiger partial charge is 0.255 e. The number of para-hydroxylation sites is 3. The normalized spacial score (nSPS) is 13.6. The molecule has 2 heterocycles. The van der Waals surface area contributed by atoms with E-state index in [9.17, 15) is 4.79 Å². The molecule has 5 rings (SSSR count). The summed E-state index contributed by atoms with van der Waals surface area (Å²) in [4.78, 5) is 18.5. The molecule has 0 radical (unpaired) electrons. The number of aromatic amines is 1. The summed E-state index contributed by atoms with van der Waals surface area (Å²) in [6, 6.07) is 23.3. The number of aromatic nitrogens is 1. The van der Waals surface area contributed by atoms with E-state index in [2.05, 4.69) is 46.0 Å². The zero-order chi connectivity index (χ0) is 22.1. The van der Waals surface area contributed by atoms with E-state index in [-0.39, 0.29) is 5.91 Å². The molecule has 4 aromatic rings. The number of nitrogens with zero attached hydrogens (tertiary/aromatic N) is 1. The number of nitrogens with one attached hydrogen (secondary N) is 2. The van der Waals surface area contributed by atoms with Crippen LogP contribution in [-0.2, 0) is 13.0 Å². The van der Waals surface area contributed by atoms with Crippen molar-refractivity contribution in [2.24, 2.45) is 0 Å².